The first-order chi connectivity index (χ1) is 8.63. The summed E-state index contributed by atoms with van der Waals surface area (Å²) < 4.78 is 0. The normalized spacial score (nSPS) is 9.89. The van der Waals surface area contributed by atoms with Crippen LogP contribution in [0.4, 0.5) is 11.5 Å². The predicted octanol–water partition coefficient (Wildman–Crippen LogP) is 4.66. The molecule has 6 heteroatoms. The zero-order valence-corrected chi connectivity index (χ0v) is 11.2. The molecule has 18 heavy (non-hydrogen) atoms. The number of nitriles is 1. The van der Waals surface area contributed by atoms with Crippen LogP contribution in [-0.2, 0) is 0 Å². The first kappa shape index (κ1) is 13.0. The lowest BCUT2D eigenvalue weighted by Crippen LogP contribution is -1.97. The summed E-state index contributed by atoms with van der Waals surface area (Å²) in [4.78, 5) is 4.02. The van der Waals surface area contributed by atoms with E-state index in [0.29, 0.717) is 5.82 Å². The summed E-state index contributed by atoms with van der Waals surface area (Å²) in [5, 5.41) is 12.1. The van der Waals surface area contributed by atoms with Crippen molar-refractivity contribution in [2.24, 2.45) is 0 Å². The molecule has 90 valence electrons. The average Bonchev–Trinajstić information content (AvgIpc) is 2.37. The Balaban J connectivity index is 2.45. The minimum Gasteiger partial charge on any atom is -0.339 e. The van der Waals surface area contributed by atoms with Crippen LogP contribution in [0.15, 0.2) is 30.3 Å². The Labute approximate surface area is 119 Å². The fourth-order valence-corrected chi connectivity index (χ4v) is 2.02. The van der Waals surface area contributed by atoms with E-state index in [-0.39, 0.29) is 20.8 Å². The maximum atomic E-state index is 8.87. The van der Waals surface area contributed by atoms with Gasteiger partial charge in [-0.25, -0.2) is 4.98 Å². The molecule has 2 rings (SSSR count). The van der Waals surface area contributed by atoms with E-state index in [2.05, 4.69) is 10.3 Å². The summed E-state index contributed by atoms with van der Waals surface area (Å²) >= 11 is 17.8. The van der Waals surface area contributed by atoms with Gasteiger partial charge in [0.2, 0.25) is 0 Å². The second-order valence-corrected chi connectivity index (χ2v) is 4.47. The summed E-state index contributed by atoms with van der Waals surface area (Å²) in [6, 6.07) is 11.2. The maximum absolute atomic E-state index is 8.87. The smallest absolute Gasteiger partial charge is 0.152 e. The number of nitrogens with one attached hydrogen (secondary N) is 1. The van der Waals surface area contributed by atoms with Crippen LogP contribution in [0.5, 0.6) is 0 Å². The minimum absolute atomic E-state index is 0.0188. The molecule has 0 bridgehead atoms. The molecule has 0 spiro atoms. The van der Waals surface area contributed by atoms with Gasteiger partial charge in [0.15, 0.2) is 11.0 Å². The van der Waals surface area contributed by atoms with Gasteiger partial charge in [0.25, 0.3) is 0 Å². The largest absolute Gasteiger partial charge is 0.339 e. The number of para-hydroxylation sites is 1. The maximum Gasteiger partial charge on any atom is 0.152 e. The van der Waals surface area contributed by atoms with Gasteiger partial charge >= 0.3 is 0 Å². The molecule has 0 amide bonds. The molecule has 0 fully saturated rings. The van der Waals surface area contributed by atoms with Crippen LogP contribution < -0.4 is 5.32 Å². The Morgan fingerprint density at radius 3 is 2.33 bits per heavy atom. The number of nitrogens with zero attached hydrogens (tertiary/aromatic N) is 2. The number of halogens is 3. The first-order valence-corrected chi connectivity index (χ1v) is 6.03. The zero-order chi connectivity index (χ0) is 13.1. The third-order valence-electron chi connectivity index (χ3n) is 2.18. The number of anilines is 2. The van der Waals surface area contributed by atoms with Crippen LogP contribution in [0, 0.1) is 11.3 Å². The minimum atomic E-state index is 0.0188. The second kappa shape index (κ2) is 5.45. The van der Waals surface area contributed by atoms with Gasteiger partial charge in [-0.3, -0.25) is 0 Å². The van der Waals surface area contributed by atoms with Crippen LogP contribution >= 0.6 is 34.8 Å². The van der Waals surface area contributed by atoms with Crippen molar-refractivity contribution >= 4 is 46.3 Å². The topological polar surface area (TPSA) is 48.7 Å². The molecule has 1 aromatic heterocycles. The molecule has 1 heterocycles. The van der Waals surface area contributed by atoms with Crippen LogP contribution in [0.2, 0.25) is 15.2 Å². The standard InChI is InChI=1S/C12H6Cl3N3/c13-9-8(6-16)11(15)18-12(10(9)14)17-7-4-2-1-3-5-7/h1-5H,(H,17,18). The average molecular weight is 299 g/mol. The van der Waals surface area contributed by atoms with Gasteiger partial charge in [0.05, 0.1) is 5.02 Å². The third kappa shape index (κ3) is 2.51. The van der Waals surface area contributed by atoms with E-state index in [4.69, 9.17) is 40.1 Å². The van der Waals surface area contributed by atoms with Crippen LogP contribution in [-0.4, -0.2) is 4.98 Å². The van der Waals surface area contributed by atoms with Crippen LogP contribution in [0.1, 0.15) is 5.56 Å². The number of aromatic nitrogens is 1. The van der Waals surface area contributed by atoms with Gasteiger partial charge in [0.1, 0.15) is 16.7 Å². The molecule has 2 aromatic rings. The van der Waals surface area contributed by atoms with E-state index < -0.39 is 0 Å². The molecule has 0 radical (unpaired) electrons. The summed E-state index contributed by atoms with van der Waals surface area (Å²) in [5.41, 5.74) is 0.866. The van der Waals surface area contributed by atoms with E-state index in [9.17, 15) is 0 Å². The number of pyridine rings is 1. The Morgan fingerprint density at radius 1 is 1.06 bits per heavy atom. The van der Waals surface area contributed by atoms with Crippen molar-refractivity contribution in [3.63, 3.8) is 0 Å². The molecule has 1 N–H and O–H groups in total. The van der Waals surface area contributed by atoms with E-state index in [1.165, 1.54) is 0 Å². The summed E-state index contributed by atoms with van der Waals surface area (Å²) in [6.45, 7) is 0. The molecule has 0 saturated heterocycles. The Morgan fingerprint density at radius 2 is 1.72 bits per heavy atom. The van der Waals surface area contributed by atoms with Crippen LogP contribution in [0.25, 0.3) is 0 Å². The highest BCUT2D eigenvalue weighted by Gasteiger charge is 2.16. The lowest BCUT2D eigenvalue weighted by atomic mass is 10.3. The zero-order valence-electron chi connectivity index (χ0n) is 8.92. The van der Waals surface area contributed by atoms with E-state index in [1.54, 1.807) is 0 Å². The van der Waals surface area contributed by atoms with Crippen LogP contribution in [0.3, 0.4) is 0 Å². The molecular weight excluding hydrogens is 293 g/mol. The first-order valence-electron chi connectivity index (χ1n) is 4.90. The number of benzene rings is 1. The fourth-order valence-electron chi connectivity index (χ4n) is 1.34. The molecule has 0 aliphatic rings. The lowest BCUT2D eigenvalue weighted by molar-refractivity contribution is 1.29. The molecule has 1 aromatic carbocycles. The van der Waals surface area contributed by atoms with Crippen molar-refractivity contribution in [3.05, 3.63) is 51.1 Å². The van der Waals surface area contributed by atoms with Crippen molar-refractivity contribution in [1.29, 1.82) is 5.26 Å². The van der Waals surface area contributed by atoms with Gasteiger partial charge in [-0.15, -0.1) is 0 Å². The van der Waals surface area contributed by atoms with Crippen molar-refractivity contribution < 1.29 is 0 Å². The van der Waals surface area contributed by atoms with Gasteiger partial charge in [-0.05, 0) is 12.1 Å². The molecule has 0 atom stereocenters. The molecule has 0 aliphatic heterocycles. The van der Waals surface area contributed by atoms with Crippen molar-refractivity contribution in [2.45, 2.75) is 0 Å². The quantitative estimate of drug-likeness (QED) is 0.820. The number of rotatable bonds is 2. The molecule has 3 nitrogen and oxygen atoms in total. The highest BCUT2D eigenvalue weighted by molar-refractivity contribution is 6.45. The Bertz CT molecular complexity index is 621. The monoisotopic (exact) mass is 297 g/mol. The molecule has 0 unspecified atom stereocenters. The van der Waals surface area contributed by atoms with E-state index in [0.717, 1.165) is 5.69 Å². The van der Waals surface area contributed by atoms with Gasteiger partial charge in [-0.2, -0.15) is 5.26 Å². The SMILES string of the molecule is N#Cc1c(Cl)nc(Nc2ccccc2)c(Cl)c1Cl. The Hall–Kier alpha value is -1.47. The lowest BCUT2D eigenvalue weighted by Gasteiger charge is -2.10. The predicted molar refractivity (Wildman–Crippen MR) is 73.7 cm³/mol. The van der Waals surface area contributed by atoms with Crippen molar-refractivity contribution in [3.8, 4) is 6.07 Å². The van der Waals surface area contributed by atoms with Gasteiger partial charge in [-0.1, -0.05) is 53.0 Å². The highest BCUT2D eigenvalue weighted by atomic mass is 35.5. The van der Waals surface area contributed by atoms with Crippen molar-refractivity contribution in [1.82, 2.24) is 4.98 Å². The van der Waals surface area contributed by atoms with Gasteiger partial charge < -0.3 is 5.32 Å². The van der Waals surface area contributed by atoms with Crippen molar-refractivity contribution in [2.75, 3.05) is 5.32 Å². The number of hydrogen-bond donors (Lipinski definition) is 1. The third-order valence-corrected chi connectivity index (χ3v) is 3.30. The molecule has 0 aliphatic carbocycles. The summed E-state index contributed by atoms with van der Waals surface area (Å²) in [7, 11) is 0. The summed E-state index contributed by atoms with van der Waals surface area (Å²) in [6.07, 6.45) is 0. The number of hydrogen-bond acceptors (Lipinski definition) is 3. The molecular formula is C12H6Cl3N3. The summed E-state index contributed by atoms with van der Waals surface area (Å²) in [5.74, 6) is 0.317. The van der Waals surface area contributed by atoms with Gasteiger partial charge in [0, 0.05) is 5.69 Å². The second-order valence-electron chi connectivity index (χ2n) is 3.36. The molecule has 0 saturated carbocycles. The Kier molecular flexibility index (Phi) is 3.93. The van der Waals surface area contributed by atoms with E-state index >= 15 is 0 Å². The fraction of sp³-hybridized carbons (Fsp3) is 0. The highest BCUT2D eigenvalue weighted by Crippen LogP contribution is 2.35. The van der Waals surface area contributed by atoms with E-state index in [1.807, 2.05) is 36.4 Å².